The zero-order chi connectivity index (χ0) is 18.6. The number of nitrogens with one attached hydrogen (secondary N) is 1. The number of fused-ring (bicyclic) bond motifs is 1. The van der Waals surface area contributed by atoms with E-state index in [1.165, 1.54) is 0 Å². The highest BCUT2D eigenvalue weighted by atomic mass is 32.2. The molecular weight excluding hydrogens is 356 g/mol. The molecule has 3 aromatic heterocycles. The molecule has 27 heavy (non-hydrogen) atoms. The van der Waals surface area contributed by atoms with Crippen molar-refractivity contribution in [2.75, 3.05) is 5.32 Å². The fraction of sp³-hybridized carbons (Fsp3) is 0.0952. The number of carbonyl (C=O) groups is 1. The van der Waals surface area contributed by atoms with Gasteiger partial charge in [-0.2, -0.15) is 0 Å². The van der Waals surface area contributed by atoms with Crippen molar-refractivity contribution in [3.8, 4) is 0 Å². The van der Waals surface area contributed by atoms with Gasteiger partial charge in [-0.25, -0.2) is 9.97 Å². The predicted octanol–water partition coefficient (Wildman–Crippen LogP) is 4.58. The standard InChI is InChI=1S/C21H18N4OS/c1-15-5-4-11-22-20(15)24-21(26)16-7-9-18(10-8-16)27-14-17-13-25-12-3-2-6-19(25)23-17/h2-13H,14H2,1H3,(H,22,24,26). The molecule has 0 saturated heterocycles. The fourth-order valence-corrected chi connectivity index (χ4v) is 3.49. The highest BCUT2D eigenvalue weighted by Gasteiger charge is 2.09. The van der Waals surface area contributed by atoms with Gasteiger partial charge in [-0.05, 0) is 55.0 Å². The number of thioether (sulfide) groups is 1. The lowest BCUT2D eigenvalue weighted by atomic mass is 10.2. The van der Waals surface area contributed by atoms with Crippen LogP contribution < -0.4 is 5.32 Å². The number of nitrogens with zero attached hydrogens (tertiary/aromatic N) is 3. The Morgan fingerprint density at radius 3 is 2.74 bits per heavy atom. The molecule has 5 nitrogen and oxygen atoms in total. The molecule has 1 N–H and O–H groups in total. The fourth-order valence-electron chi connectivity index (χ4n) is 2.71. The molecule has 0 aliphatic rings. The van der Waals surface area contributed by atoms with Gasteiger partial charge in [-0.15, -0.1) is 11.8 Å². The van der Waals surface area contributed by atoms with E-state index < -0.39 is 0 Å². The Balaban J connectivity index is 1.39. The van der Waals surface area contributed by atoms with Crippen molar-refractivity contribution in [3.63, 3.8) is 0 Å². The Labute approximate surface area is 161 Å². The van der Waals surface area contributed by atoms with Gasteiger partial charge in [-0.1, -0.05) is 12.1 Å². The van der Waals surface area contributed by atoms with Crippen molar-refractivity contribution in [2.45, 2.75) is 17.6 Å². The second-order valence-electron chi connectivity index (χ2n) is 6.13. The summed E-state index contributed by atoms with van der Waals surface area (Å²) in [7, 11) is 0. The van der Waals surface area contributed by atoms with Crippen molar-refractivity contribution in [2.24, 2.45) is 0 Å². The van der Waals surface area contributed by atoms with Crippen LogP contribution in [0, 0.1) is 6.92 Å². The van der Waals surface area contributed by atoms with E-state index in [0.717, 1.165) is 27.6 Å². The molecule has 6 heteroatoms. The number of amides is 1. The molecule has 0 bridgehead atoms. The smallest absolute Gasteiger partial charge is 0.256 e. The van der Waals surface area contributed by atoms with Gasteiger partial charge >= 0.3 is 0 Å². The van der Waals surface area contributed by atoms with Crippen LogP contribution in [0.15, 0.2) is 78.1 Å². The van der Waals surface area contributed by atoms with Crippen molar-refractivity contribution in [1.29, 1.82) is 0 Å². The first kappa shape index (κ1) is 17.3. The topological polar surface area (TPSA) is 59.3 Å². The summed E-state index contributed by atoms with van der Waals surface area (Å²) in [6, 6.07) is 17.3. The minimum absolute atomic E-state index is 0.159. The predicted molar refractivity (Wildman–Crippen MR) is 108 cm³/mol. The van der Waals surface area contributed by atoms with Crippen molar-refractivity contribution in [1.82, 2.24) is 14.4 Å². The van der Waals surface area contributed by atoms with Crippen LogP contribution in [0.1, 0.15) is 21.6 Å². The third-order valence-corrected chi connectivity index (χ3v) is 5.20. The number of aryl methyl sites for hydroxylation is 1. The number of carbonyl (C=O) groups excluding carboxylic acids is 1. The number of rotatable bonds is 5. The highest BCUT2D eigenvalue weighted by molar-refractivity contribution is 7.98. The number of aromatic nitrogens is 3. The number of pyridine rings is 2. The van der Waals surface area contributed by atoms with Crippen molar-refractivity contribution in [3.05, 3.63) is 90.0 Å². The summed E-state index contributed by atoms with van der Waals surface area (Å²) < 4.78 is 2.02. The Hall–Kier alpha value is -3.12. The normalized spacial score (nSPS) is 10.9. The van der Waals surface area contributed by atoms with E-state index in [0.29, 0.717) is 11.4 Å². The van der Waals surface area contributed by atoms with Crippen LogP contribution >= 0.6 is 11.8 Å². The number of hydrogen-bond acceptors (Lipinski definition) is 4. The molecule has 4 aromatic rings. The van der Waals surface area contributed by atoms with Crippen LogP contribution in [0.4, 0.5) is 5.82 Å². The van der Waals surface area contributed by atoms with Crippen LogP contribution in [0.3, 0.4) is 0 Å². The lowest BCUT2D eigenvalue weighted by Crippen LogP contribution is -2.13. The lowest BCUT2D eigenvalue weighted by molar-refractivity contribution is 0.102. The van der Waals surface area contributed by atoms with Gasteiger partial charge in [0, 0.05) is 34.8 Å². The van der Waals surface area contributed by atoms with Crippen molar-refractivity contribution < 1.29 is 4.79 Å². The van der Waals surface area contributed by atoms with Gasteiger partial charge in [0.05, 0.1) is 5.69 Å². The van der Waals surface area contributed by atoms with Gasteiger partial charge in [-0.3, -0.25) is 4.79 Å². The van der Waals surface area contributed by atoms with Gasteiger partial charge < -0.3 is 9.72 Å². The van der Waals surface area contributed by atoms with Gasteiger partial charge in [0.25, 0.3) is 5.91 Å². The van der Waals surface area contributed by atoms with E-state index >= 15 is 0 Å². The van der Waals surface area contributed by atoms with Crippen LogP contribution in [0.5, 0.6) is 0 Å². The highest BCUT2D eigenvalue weighted by Crippen LogP contribution is 2.23. The Kier molecular flexibility index (Phi) is 4.89. The van der Waals surface area contributed by atoms with E-state index in [4.69, 9.17) is 0 Å². The summed E-state index contributed by atoms with van der Waals surface area (Å²) in [4.78, 5) is 22.3. The summed E-state index contributed by atoms with van der Waals surface area (Å²) >= 11 is 1.70. The lowest BCUT2D eigenvalue weighted by Gasteiger charge is -2.07. The monoisotopic (exact) mass is 374 g/mol. The number of benzene rings is 1. The summed E-state index contributed by atoms with van der Waals surface area (Å²) in [5.41, 5.74) is 3.52. The zero-order valence-corrected chi connectivity index (χ0v) is 15.6. The second kappa shape index (κ2) is 7.63. The van der Waals surface area contributed by atoms with Gasteiger partial charge in [0.2, 0.25) is 0 Å². The Morgan fingerprint density at radius 2 is 1.96 bits per heavy atom. The summed E-state index contributed by atoms with van der Waals surface area (Å²) in [6.07, 6.45) is 5.70. The molecule has 0 radical (unpaired) electrons. The van der Waals surface area contributed by atoms with Crippen LogP contribution in [0.25, 0.3) is 5.65 Å². The zero-order valence-electron chi connectivity index (χ0n) is 14.8. The summed E-state index contributed by atoms with van der Waals surface area (Å²) in [5.74, 6) is 1.21. The van der Waals surface area contributed by atoms with E-state index in [1.54, 1.807) is 18.0 Å². The first-order chi connectivity index (χ1) is 13.2. The van der Waals surface area contributed by atoms with E-state index in [1.807, 2.05) is 78.3 Å². The molecular formula is C21H18N4OS. The average molecular weight is 374 g/mol. The summed E-state index contributed by atoms with van der Waals surface area (Å²) in [5, 5.41) is 2.85. The minimum atomic E-state index is -0.159. The van der Waals surface area contributed by atoms with Crippen LogP contribution in [-0.4, -0.2) is 20.3 Å². The molecule has 3 heterocycles. The van der Waals surface area contributed by atoms with Gasteiger partial charge in [0.1, 0.15) is 11.5 Å². The molecule has 0 saturated carbocycles. The van der Waals surface area contributed by atoms with Crippen LogP contribution in [0.2, 0.25) is 0 Å². The quantitative estimate of drug-likeness (QED) is 0.519. The van der Waals surface area contributed by atoms with E-state index in [9.17, 15) is 4.79 Å². The molecule has 1 aromatic carbocycles. The third kappa shape index (κ3) is 4.01. The third-order valence-electron chi connectivity index (χ3n) is 4.16. The molecule has 0 aliphatic heterocycles. The molecule has 0 aliphatic carbocycles. The average Bonchev–Trinajstić information content (AvgIpc) is 3.11. The molecule has 0 fully saturated rings. The molecule has 0 unspecified atom stereocenters. The van der Waals surface area contributed by atoms with Crippen LogP contribution in [-0.2, 0) is 5.75 Å². The molecule has 0 spiro atoms. The van der Waals surface area contributed by atoms with E-state index in [-0.39, 0.29) is 5.91 Å². The molecule has 4 rings (SSSR count). The number of anilines is 1. The molecule has 0 atom stereocenters. The second-order valence-corrected chi connectivity index (χ2v) is 7.18. The SMILES string of the molecule is Cc1cccnc1NC(=O)c1ccc(SCc2cn3ccccc3n2)cc1. The Morgan fingerprint density at radius 1 is 1.11 bits per heavy atom. The molecule has 1 amide bonds. The number of imidazole rings is 1. The largest absolute Gasteiger partial charge is 0.307 e. The maximum absolute atomic E-state index is 12.4. The van der Waals surface area contributed by atoms with Gasteiger partial charge in [0.15, 0.2) is 0 Å². The van der Waals surface area contributed by atoms with Crippen molar-refractivity contribution >= 4 is 29.1 Å². The first-order valence-corrected chi connectivity index (χ1v) is 9.56. The first-order valence-electron chi connectivity index (χ1n) is 8.57. The minimum Gasteiger partial charge on any atom is -0.307 e. The van der Waals surface area contributed by atoms with E-state index in [2.05, 4.69) is 15.3 Å². The Bertz CT molecular complexity index is 1060. The maximum atomic E-state index is 12.4. The molecule has 134 valence electrons. The summed E-state index contributed by atoms with van der Waals surface area (Å²) in [6.45, 7) is 1.92. The maximum Gasteiger partial charge on any atom is 0.256 e. The number of hydrogen-bond donors (Lipinski definition) is 1.